The molecule has 0 aliphatic rings. The smallest absolute Gasteiger partial charge is 0.176 e. The maximum absolute atomic E-state index is 9.36. The predicted octanol–water partition coefficient (Wildman–Crippen LogP) is 3.20. The maximum atomic E-state index is 9.36. The van der Waals surface area contributed by atoms with Gasteiger partial charge in [-0.15, -0.1) is 0 Å². The Kier molecular flexibility index (Phi) is 5.56. The minimum Gasteiger partial charge on any atom is -0.493 e. The fraction of sp³-hybridized carbons (Fsp3) is 0.500. The van der Waals surface area contributed by atoms with Crippen LogP contribution in [-0.4, -0.2) is 36.4 Å². The van der Waals surface area contributed by atoms with E-state index < -0.39 is 0 Å². The summed E-state index contributed by atoms with van der Waals surface area (Å²) in [6, 6.07) is 8.16. The van der Waals surface area contributed by atoms with Gasteiger partial charge >= 0.3 is 0 Å². The van der Waals surface area contributed by atoms with Gasteiger partial charge in [0.2, 0.25) is 0 Å². The number of aliphatic hydroxyl groups is 1. The third-order valence-corrected chi connectivity index (χ3v) is 4.89. The first kappa shape index (κ1) is 16.2. The van der Waals surface area contributed by atoms with Crippen LogP contribution in [0.15, 0.2) is 28.7 Å². The molecule has 0 fully saturated rings. The van der Waals surface area contributed by atoms with Crippen molar-refractivity contribution < 1.29 is 14.3 Å². The molecule has 116 valence electrons. The van der Waals surface area contributed by atoms with Crippen molar-refractivity contribution in [1.82, 2.24) is 5.32 Å². The number of nitrogens with one attached hydrogen (secondary N) is 1. The third kappa shape index (κ3) is 3.54. The van der Waals surface area contributed by atoms with Gasteiger partial charge in [0.25, 0.3) is 0 Å². The molecular weight excluding hydrogens is 286 g/mol. The second-order valence-electron chi connectivity index (χ2n) is 5.16. The highest BCUT2D eigenvalue weighted by Gasteiger charge is 2.20. The van der Waals surface area contributed by atoms with Gasteiger partial charge in [0.15, 0.2) is 11.3 Å². The van der Waals surface area contributed by atoms with E-state index in [1.54, 1.807) is 18.9 Å². The van der Waals surface area contributed by atoms with Crippen molar-refractivity contribution in [2.75, 3.05) is 20.0 Å². The molecule has 1 aromatic carbocycles. The molecule has 21 heavy (non-hydrogen) atoms. The molecule has 3 atom stereocenters. The number of furan rings is 1. The first-order chi connectivity index (χ1) is 10.1. The molecule has 0 amide bonds. The Morgan fingerprint density at radius 1 is 1.38 bits per heavy atom. The average Bonchev–Trinajstić information content (AvgIpc) is 2.92. The molecule has 0 spiro atoms. The minimum atomic E-state index is 0.0679. The van der Waals surface area contributed by atoms with Gasteiger partial charge < -0.3 is 19.6 Å². The van der Waals surface area contributed by atoms with Gasteiger partial charge in [-0.3, -0.25) is 0 Å². The van der Waals surface area contributed by atoms with E-state index in [9.17, 15) is 5.11 Å². The molecule has 2 rings (SSSR count). The number of hydrogen-bond donors (Lipinski definition) is 2. The molecule has 4 nitrogen and oxygen atoms in total. The van der Waals surface area contributed by atoms with Crippen LogP contribution >= 0.6 is 11.8 Å². The summed E-state index contributed by atoms with van der Waals surface area (Å²) in [6.07, 6.45) is 2.01. The highest BCUT2D eigenvalue weighted by Crippen LogP contribution is 2.31. The fourth-order valence-corrected chi connectivity index (χ4v) is 3.09. The number of benzene rings is 1. The Balaban J connectivity index is 2.18. The van der Waals surface area contributed by atoms with E-state index in [4.69, 9.17) is 9.15 Å². The molecule has 0 saturated carbocycles. The van der Waals surface area contributed by atoms with Gasteiger partial charge in [0.05, 0.1) is 19.8 Å². The normalized spacial score (nSPS) is 15.9. The molecule has 0 aliphatic carbocycles. The zero-order valence-corrected chi connectivity index (χ0v) is 13.7. The third-order valence-electron chi connectivity index (χ3n) is 3.73. The number of thioether (sulfide) groups is 1. The second-order valence-corrected chi connectivity index (χ2v) is 6.24. The lowest BCUT2D eigenvalue weighted by molar-refractivity contribution is 0.268. The van der Waals surface area contributed by atoms with Crippen LogP contribution in [-0.2, 0) is 0 Å². The van der Waals surface area contributed by atoms with Crippen LogP contribution in [0.3, 0.4) is 0 Å². The molecule has 2 N–H and O–H groups in total. The molecule has 0 aliphatic heterocycles. The second kappa shape index (κ2) is 7.20. The van der Waals surface area contributed by atoms with Crippen LogP contribution in [0.1, 0.15) is 25.6 Å². The number of para-hydroxylation sites is 1. The Morgan fingerprint density at radius 3 is 2.76 bits per heavy atom. The predicted molar refractivity (Wildman–Crippen MR) is 88.2 cm³/mol. The summed E-state index contributed by atoms with van der Waals surface area (Å²) in [7, 11) is 1.64. The van der Waals surface area contributed by atoms with E-state index in [1.165, 1.54) is 0 Å². The first-order valence-corrected chi connectivity index (χ1v) is 8.35. The van der Waals surface area contributed by atoms with Crippen LogP contribution in [0.2, 0.25) is 0 Å². The largest absolute Gasteiger partial charge is 0.493 e. The van der Waals surface area contributed by atoms with Crippen LogP contribution in [0.5, 0.6) is 5.75 Å². The van der Waals surface area contributed by atoms with E-state index >= 15 is 0 Å². The van der Waals surface area contributed by atoms with Gasteiger partial charge in [0, 0.05) is 16.7 Å². The van der Waals surface area contributed by atoms with E-state index in [0.29, 0.717) is 0 Å². The summed E-state index contributed by atoms with van der Waals surface area (Å²) in [5, 5.41) is 14.1. The zero-order chi connectivity index (χ0) is 15.4. The van der Waals surface area contributed by atoms with Crippen LogP contribution in [0, 0.1) is 0 Å². The maximum Gasteiger partial charge on any atom is 0.176 e. The standard InChI is InChI=1S/C16H23NO3S/c1-10(17-11(2)15(9-18)21-4)14-8-12-6-5-7-13(19-3)16(12)20-14/h5-8,10-11,15,17-18H,9H2,1-4H3. The van der Waals surface area contributed by atoms with Crippen molar-refractivity contribution in [3.8, 4) is 5.75 Å². The lowest BCUT2D eigenvalue weighted by Gasteiger charge is -2.24. The number of methoxy groups -OCH3 is 1. The minimum absolute atomic E-state index is 0.0679. The lowest BCUT2D eigenvalue weighted by atomic mass is 10.1. The van der Waals surface area contributed by atoms with Crippen molar-refractivity contribution in [2.24, 2.45) is 0 Å². The van der Waals surface area contributed by atoms with Crippen molar-refractivity contribution in [1.29, 1.82) is 0 Å². The Morgan fingerprint density at radius 2 is 2.14 bits per heavy atom. The summed E-state index contributed by atoms with van der Waals surface area (Å²) in [5.74, 6) is 1.62. The van der Waals surface area contributed by atoms with Crippen molar-refractivity contribution >= 4 is 22.7 Å². The van der Waals surface area contributed by atoms with Gasteiger partial charge in [-0.25, -0.2) is 0 Å². The number of fused-ring (bicyclic) bond motifs is 1. The summed E-state index contributed by atoms with van der Waals surface area (Å²) in [6.45, 7) is 4.31. The Labute approximate surface area is 129 Å². The SMILES string of the molecule is COc1cccc2cc(C(C)NC(C)C(CO)SC)oc12. The highest BCUT2D eigenvalue weighted by molar-refractivity contribution is 7.99. The van der Waals surface area contributed by atoms with Crippen LogP contribution in [0.4, 0.5) is 0 Å². The zero-order valence-electron chi connectivity index (χ0n) is 12.9. The van der Waals surface area contributed by atoms with Crippen LogP contribution in [0.25, 0.3) is 11.0 Å². The molecule has 0 radical (unpaired) electrons. The summed E-state index contributed by atoms with van der Waals surface area (Å²) >= 11 is 1.66. The molecule has 2 aromatic rings. The van der Waals surface area contributed by atoms with E-state index in [-0.39, 0.29) is 23.9 Å². The molecular formula is C16H23NO3S. The number of ether oxygens (including phenoxy) is 1. The number of rotatable bonds is 7. The first-order valence-electron chi connectivity index (χ1n) is 7.06. The van der Waals surface area contributed by atoms with E-state index in [1.807, 2.05) is 30.5 Å². The molecule has 3 unspecified atom stereocenters. The molecule has 5 heteroatoms. The van der Waals surface area contributed by atoms with Crippen molar-refractivity contribution in [3.63, 3.8) is 0 Å². The van der Waals surface area contributed by atoms with E-state index in [0.717, 1.165) is 22.5 Å². The quantitative estimate of drug-likeness (QED) is 0.822. The van der Waals surface area contributed by atoms with Gasteiger partial charge in [-0.05, 0) is 32.2 Å². The molecule has 0 bridgehead atoms. The summed E-state index contributed by atoms with van der Waals surface area (Å²) in [4.78, 5) is 0. The molecule has 0 saturated heterocycles. The van der Waals surface area contributed by atoms with Crippen molar-refractivity contribution in [2.45, 2.75) is 31.2 Å². The average molecular weight is 309 g/mol. The number of aliphatic hydroxyl groups excluding tert-OH is 1. The topological polar surface area (TPSA) is 54.6 Å². The highest BCUT2D eigenvalue weighted by atomic mass is 32.2. The summed E-state index contributed by atoms with van der Waals surface area (Å²) < 4.78 is 11.3. The lowest BCUT2D eigenvalue weighted by Crippen LogP contribution is -2.38. The van der Waals surface area contributed by atoms with E-state index in [2.05, 4.69) is 19.2 Å². The number of hydrogen-bond acceptors (Lipinski definition) is 5. The molecule has 1 heterocycles. The Hall–Kier alpha value is -1.17. The van der Waals surface area contributed by atoms with Crippen LogP contribution < -0.4 is 10.1 Å². The van der Waals surface area contributed by atoms with Gasteiger partial charge in [-0.2, -0.15) is 11.8 Å². The fourth-order valence-electron chi connectivity index (χ4n) is 2.45. The Bertz CT molecular complexity index is 580. The van der Waals surface area contributed by atoms with Crippen molar-refractivity contribution in [3.05, 3.63) is 30.0 Å². The molecule has 1 aromatic heterocycles. The van der Waals surface area contributed by atoms with Gasteiger partial charge in [0.1, 0.15) is 5.76 Å². The van der Waals surface area contributed by atoms with Gasteiger partial charge in [-0.1, -0.05) is 12.1 Å². The monoisotopic (exact) mass is 309 g/mol. The summed E-state index contributed by atoms with van der Waals surface area (Å²) in [5.41, 5.74) is 0.778.